The molecule has 1 aromatic heterocycles. The molecular weight excluding hydrogens is 340 g/mol. The van der Waals surface area contributed by atoms with Gasteiger partial charge in [0.05, 0.1) is 12.2 Å². The minimum absolute atomic E-state index is 0.0758. The molecule has 0 bridgehead atoms. The third kappa shape index (κ3) is 4.20. The highest BCUT2D eigenvalue weighted by molar-refractivity contribution is 9.10. The lowest BCUT2D eigenvalue weighted by atomic mass is 10.1. The first-order valence-electron chi connectivity index (χ1n) is 7.88. The third-order valence-electron chi connectivity index (χ3n) is 3.54. The number of fused-ring (bicyclic) bond motifs is 1. The van der Waals surface area contributed by atoms with Crippen molar-refractivity contribution in [1.29, 1.82) is 0 Å². The fourth-order valence-electron chi connectivity index (χ4n) is 2.88. The number of para-hydroxylation sites is 1. The normalized spacial score (nSPS) is 12.0. The topological polar surface area (TPSA) is 25.2 Å². The van der Waals surface area contributed by atoms with E-state index in [1.165, 1.54) is 0 Å². The highest BCUT2D eigenvalue weighted by Crippen LogP contribution is 2.22. The molecule has 1 heterocycles. The van der Waals surface area contributed by atoms with Crippen LogP contribution in [0.3, 0.4) is 0 Å². The Labute approximate surface area is 141 Å². The van der Waals surface area contributed by atoms with Crippen molar-refractivity contribution in [2.45, 2.75) is 34.4 Å². The first kappa shape index (κ1) is 17.2. The molecular formula is C18H25BrN2O. The van der Waals surface area contributed by atoms with Gasteiger partial charge in [-0.15, -0.1) is 0 Å². The molecule has 0 saturated heterocycles. The van der Waals surface area contributed by atoms with E-state index in [0.29, 0.717) is 11.8 Å². The van der Waals surface area contributed by atoms with Gasteiger partial charge < -0.3 is 4.57 Å². The van der Waals surface area contributed by atoms with Gasteiger partial charge in [-0.05, 0) is 39.9 Å². The number of halogens is 1. The number of pyridine rings is 1. The van der Waals surface area contributed by atoms with Gasteiger partial charge in [-0.1, -0.05) is 33.8 Å². The van der Waals surface area contributed by atoms with Crippen LogP contribution in [0.4, 0.5) is 0 Å². The Bertz CT molecular complexity index is 681. The van der Waals surface area contributed by atoms with E-state index in [9.17, 15) is 4.79 Å². The molecule has 0 radical (unpaired) electrons. The molecule has 2 aromatic rings. The predicted molar refractivity (Wildman–Crippen MR) is 97.2 cm³/mol. The molecule has 0 atom stereocenters. The first-order chi connectivity index (χ1) is 10.4. The van der Waals surface area contributed by atoms with Gasteiger partial charge in [-0.3, -0.25) is 9.69 Å². The van der Waals surface area contributed by atoms with E-state index < -0.39 is 0 Å². The smallest absolute Gasteiger partial charge is 0.189 e. The molecule has 0 amide bonds. The summed E-state index contributed by atoms with van der Waals surface area (Å²) < 4.78 is 3.14. The molecule has 0 aliphatic carbocycles. The molecule has 0 aliphatic rings. The number of aromatic nitrogens is 1. The van der Waals surface area contributed by atoms with E-state index in [0.717, 1.165) is 35.1 Å². The maximum absolute atomic E-state index is 12.1. The lowest BCUT2D eigenvalue weighted by Crippen LogP contribution is -2.33. The summed E-state index contributed by atoms with van der Waals surface area (Å²) in [5, 5.41) is 0.769. The van der Waals surface area contributed by atoms with Crippen molar-refractivity contribution in [3.8, 4) is 0 Å². The van der Waals surface area contributed by atoms with Crippen molar-refractivity contribution in [2.75, 3.05) is 13.1 Å². The molecule has 1 aromatic carbocycles. The van der Waals surface area contributed by atoms with Crippen molar-refractivity contribution in [3.63, 3.8) is 0 Å². The van der Waals surface area contributed by atoms with Crippen LogP contribution in [0.25, 0.3) is 10.9 Å². The highest BCUT2D eigenvalue weighted by atomic mass is 79.9. The number of benzene rings is 1. The molecule has 4 heteroatoms. The number of rotatable bonds is 6. The van der Waals surface area contributed by atoms with Gasteiger partial charge in [0.2, 0.25) is 0 Å². The Hall–Kier alpha value is -1.13. The Kier molecular flexibility index (Phi) is 5.81. The minimum atomic E-state index is 0.0758. The van der Waals surface area contributed by atoms with Crippen LogP contribution < -0.4 is 5.43 Å². The van der Waals surface area contributed by atoms with Gasteiger partial charge in [0.25, 0.3) is 0 Å². The van der Waals surface area contributed by atoms with Crippen LogP contribution in [0.2, 0.25) is 0 Å². The summed E-state index contributed by atoms with van der Waals surface area (Å²) in [7, 11) is 0. The van der Waals surface area contributed by atoms with Gasteiger partial charge >= 0.3 is 0 Å². The average molecular weight is 365 g/mol. The average Bonchev–Trinajstić information content (AvgIpc) is 2.40. The number of hydrogen-bond acceptors (Lipinski definition) is 2. The molecule has 0 unspecified atom stereocenters. The zero-order chi connectivity index (χ0) is 16.3. The van der Waals surface area contributed by atoms with Gasteiger partial charge in [0, 0.05) is 35.2 Å². The molecule has 0 saturated carbocycles. The Morgan fingerprint density at radius 2 is 1.73 bits per heavy atom. The molecule has 0 aliphatic heterocycles. The molecule has 0 fully saturated rings. The van der Waals surface area contributed by atoms with Crippen LogP contribution in [-0.4, -0.2) is 22.6 Å². The highest BCUT2D eigenvalue weighted by Gasteiger charge is 2.12. The summed E-state index contributed by atoms with van der Waals surface area (Å²) in [4.78, 5) is 14.5. The summed E-state index contributed by atoms with van der Waals surface area (Å²) in [5.41, 5.74) is 1.05. The van der Waals surface area contributed by atoms with Crippen molar-refractivity contribution < 1.29 is 0 Å². The molecule has 0 spiro atoms. The summed E-state index contributed by atoms with van der Waals surface area (Å²) in [6.45, 7) is 11.9. The lowest BCUT2D eigenvalue weighted by molar-refractivity contribution is 0.177. The summed E-state index contributed by atoms with van der Waals surface area (Å²) in [5.74, 6) is 1.24. The van der Waals surface area contributed by atoms with Crippen molar-refractivity contribution in [1.82, 2.24) is 9.47 Å². The second-order valence-corrected chi connectivity index (χ2v) is 7.61. The first-order valence-corrected chi connectivity index (χ1v) is 8.67. The standard InChI is InChI=1S/C18H25BrN2O/c1-13(2)10-20(11-14(3)4)12-21-9-8-17(22)15-6-5-7-16(19)18(15)21/h5-9,13-14H,10-12H2,1-4H3. The summed E-state index contributed by atoms with van der Waals surface area (Å²) in [6, 6.07) is 7.47. The Morgan fingerprint density at radius 3 is 2.32 bits per heavy atom. The summed E-state index contributed by atoms with van der Waals surface area (Å²) >= 11 is 3.60. The van der Waals surface area contributed by atoms with Crippen LogP contribution in [-0.2, 0) is 6.67 Å². The largest absolute Gasteiger partial charge is 0.333 e. The van der Waals surface area contributed by atoms with E-state index in [1.54, 1.807) is 6.07 Å². The second-order valence-electron chi connectivity index (χ2n) is 6.75. The van der Waals surface area contributed by atoms with Crippen LogP contribution in [0, 0.1) is 11.8 Å². The van der Waals surface area contributed by atoms with Gasteiger partial charge in [-0.25, -0.2) is 0 Å². The fourth-order valence-corrected chi connectivity index (χ4v) is 3.48. The molecule has 2 rings (SSSR count). The van der Waals surface area contributed by atoms with Crippen molar-refractivity contribution in [2.24, 2.45) is 11.8 Å². The molecule has 120 valence electrons. The van der Waals surface area contributed by atoms with Gasteiger partial charge in [-0.2, -0.15) is 0 Å². The molecule has 0 N–H and O–H groups in total. The molecule has 22 heavy (non-hydrogen) atoms. The zero-order valence-corrected chi connectivity index (χ0v) is 15.4. The Balaban J connectivity index is 2.41. The fraction of sp³-hybridized carbons (Fsp3) is 0.500. The zero-order valence-electron chi connectivity index (χ0n) is 13.8. The van der Waals surface area contributed by atoms with Crippen LogP contribution in [0.15, 0.2) is 39.7 Å². The second kappa shape index (κ2) is 7.42. The quantitative estimate of drug-likeness (QED) is 0.761. The van der Waals surface area contributed by atoms with Crippen molar-refractivity contribution >= 4 is 26.8 Å². The van der Waals surface area contributed by atoms with E-state index in [4.69, 9.17) is 0 Å². The maximum atomic E-state index is 12.1. The maximum Gasteiger partial charge on any atom is 0.189 e. The number of hydrogen-bond donors (Lipinski definition) is 0. The lowest BCUT2D eigenvalue weighted by Gasteiger charge is -2.28. The van der Waals surface area contributed by atoms with Gasteiger partial charge in [0.15, 0.2) is 5.43 Å². The summed E-state index contributed by atoms with van der Waals surface area (Å²) in [6.07, 6.45) is 1.91. The Morgan fingerprint density at radius 1 is 1.09 bits per heavy atom. The minimum Gasteiger partial charge on any atom is -0.333 e. The van der Waals surface area contributed by atoms with Gasteiger partial charge in [0.1, 0.15) is 0 Å². The number of nitrogens with zero attached hydrogens (tertiary/aromatic N) is 2. The van der Waals surface area contributed by atoms with E-state index in [1.807, 2.05) is 24.4 Å². The van der Waals surface area contributed by atoms with E-state index in [2.05, 4.69) is 53.1 Å². The van der Waals surface area contributed by atoms with Crippen molar-refractivity contribution in [3.05, 3.63) is 45.2 Å². The van der Waals surface area contributed by atoms with E-state index >= 15 is 0 Å². The predicted octanol–water partition coefficient (Wildman–Crippen LogP) is 4.34. The SMILES string of the molecule is CC(C)CN(CC(C)C)Cn1ccc(=O)c2cccc(Br)c21. The molecule has 3 nitrogen and oxygen atoms in total. The van der Waals surface area contributed by atoms with E-state index in [-0.39, 0.29) is 5.43 Å². The van der Waals surface area contributed by atoms with Crippen LogP contribution in [0.5, 0.6) is 0 Å². The third-order valence-corrected chi connectivity index (χ3v) is 4.18. The van der Waals surface area contributed by atoms with Crippen LogP contribution in [0.1, 0.15) is 27.7 Å². The van der Waals surface area contributed by atoms with Crippen LogP contribution >= 0.6 is 15.9 Å². The monoisotopic (exact) mass is 364 g/mol.